The van der Waals surface area contributed by atoms with Gasteiger partial charge in [0, 0.05) is 18.3 Å². The number of rotatable bonds is 2. The van der Waals surface area contributed by atoms with Crippen molar-refractivity contribution < 1.29 is 0 Å². The summed E-state index contributed by atoms with van der Waals surface area (Å²) in [6.45, 7) is 3.45. The molecule has 16 heavy (non-hydrogen) atoms. The van der Waals surface area contributed by atoms with Gasteiger partial charge in [-0.1, -0.05) is 18.2 Å². The normalized spacial score (nSPS) is 10.0. The standard InChI is InChI=1S/C11H10N4S/c1-13-15(11(12)16)9-6-2-4-8-5-3-7-14-10(8)9/h2-7H,1H2,(H2,12,16). The van der Waals surface area contributed by atoms with E-state index in [0.29, 0.717) is 0 Å². The fraction of sp³-hybridized carbons (Fsp3) is 0. The molecular formula is C11H10N4S. The van der Waals surface area contributed by atoms with Gasteiger partial charge in [-0.3, -0.25) is 4.98 Å². The summed E-state index contributed by atoms with van der Waals surface area (Å²) in [5, 5.41) is 6.33. The Morgan fingerprint density at radius 1 is 1.38 bits per heavy atom. The number of hydrazone groups is 1. The highest BCUT2D eigenvalue weighted by molar-refractivity contribution is 7.80. The van der Waals surface area contributed by atoms with E-state index in [1.165, 1.54) is 5.01 Å². The highest BCUT2D eigenvalue weighted by Crippen LogP contribution is 2.24. The maximum absolute atomic E-state index is 5.57. The van der Waals surface area contributed by atoms with Crippen LogP contribution in [-0.2, 0) is 0 Å². The van der Waals surface area contributed by atoms with Crippen molar-refractivity contribution in [1.82, 2.24) is 4.98 Å². The van der Waals surface area contributed by atoms with E-state index in [1.807, 2.05) is 30.3 Å². The Hall–Kier alpha value is -2.01. The van der Waals surface area contributed by atoms with Crippen LogP contribution in [0.1, 0.15) is 0 Å². The van der Waals surface area contributed by atoms with Gasteiger partial charge in [0.15, 0.2) is 5.11 Å². The van der Waals surface area contributed by atoms with Gasteiger partial charge in [-0.25, -0.2) is 5.01 Å². The molecule has 1 aromatic heterocycles. The Morgan fingerprint density at radius 3 is 2.81 bits per heavy atom. The number of nitrogens with two attached hydrogens (primary N) is 1. The van der Waals surface area contributed by atoms with Crippen LogP contribution < -0.4 is 10.7 Å². The number of aromatic nitrogens is 1. The molecule has 0 amide bonds. The van der Waals surface area contributed by atoms with Crippen molar-refractivity contribution in [3.05, 3.63) is 36.5 Å². The third kappa shape index (κ3) is 1.72. The Kier molecular flexibility index (Phi) is 2.78. The van der Waals surface area contributed by atoms with E-state index >= 15 is 0 Å². The summed E-state index contributed by atoms with van der Waals surface area (Å²) >= 11 is 4.90. The van der Waals surface area contributed by atoms with Crippen molar-refractivity contribution in [2.45, 2.75) is 0 Å². The van der Waals surface area contributed by atoms with Crippen molar-refractivity contribution in [3.63, 3.8) is 0 Å². The van der Waals surface area contributed by atoms with Gasteiger partial charge in [0.1, 0.15) is 0 Å². The first-order valence-electron chi connectivity index (χ1n) is 4.64. The smallest absolute Gasteiger partial charge is 0.191 e. The van der Waals surface area contributed by atoms with E-state index in [9.17, 15) is 0 Å². The van der Waals surface area contributed by atoms with Gasteiger partial charge in [0.05, 0.1) is 11.2 Å². The fourth-order valence-electron chi connectivity index (χ4n) is 1.52. The number of nitrogens with zero attached hydrogens (tertiary/aromatic N) is 3. The minimum atomic E-state index is 0.146. The van der Waals surface area contributed by atoms with Crippen LogP contribution in [0, 0.1) is 0 Å². The monoisotopic (exact) mass is 230 g/mol. The minimum absolute atomic E-state index is 0.146. The molecule has 0 aliphatic heterocycles. The summed E-state index contributed by atoms with van der Waals surface area (Å²) in [6.07, 6.45) is 1.71. The van der Waals surface area contributed by atoms with Gasteiger partial charge in [-0.15, -0.1) is 0 Å². The van der Waals surface area contributed by atoms with E-state index in [-0.39, 0.29) is 5.11 Å². The first-order valence-corrected chi connectivity index (χ1v) is 5.05. The number of hydrogen-bond acceptors (Lipinski definition) is 3. The zero-order valence-corrected chi connectivity index (χ0v) is 9.31. The predicted molar refractivity (Wildman–Crippen MR) is 70.6 cm³/mol. The Morgan fingerprint density at radius 2 is 2.12 bits per heavy atom. The Labute approximate surface area is 98.4 Å². The fourth-order valence-corrected chi connectivity index (χ4v) is 1.68. The molecule has 0 saturated heterocycles. The molecule has 0 unspecified atom stereocenters. The highest BCUT2D eigenvalue weighted by atomic mass is 32.1. The molecule has 1 aromatic carbocycles. The average Bonchev–Trinajstić information content (AvgIpc) is 2.30. The Bertz CT molecular complexity index is 547. The lowest BCUT2D eigenvalue weighted by atomic mass is 10.2. The van der Waals surface area contributed by atoms with E-state index in [0.717, 1.165) is 16.6 Å². The van der Waals surface area contributed by atoms with Crippen LogP contribution in [0.3, 0.4) is 0 Å². The molecule has 0 atom stereocenters. The molecule has 1 heterocycles. The van der Waals surface area contributed by atoms with Gasteiger partial charge in [0.2, 0.25) is 0 Å². The van der Waals surface area contributed by atoms with E-state index in [2.05, 4.69) is 16.8 Å². The zero-order valence-electron chi connectivity index (χ0n) is 8.50. The molecule has 0 radical (unpaired) electrons. The second-order valence-electron chi connectivity index (χ2n) is 3.14. The molecule has 0 bridgehead atoms. The first kappa shape index (κ1) is 10.5. The zero-order chi connectivity index (χ0) is 11.5. The molecule has 0 fully saturated rings. The van der Waals surface area contributed by atoms with Crippen LogP contribution in [-0.4, -0.2) is 16.8 Å². The number of benzene rings is 1. The number of para-hydroxylation sites is 1. The molecular weight excluding hydrogens is 220 g/mol. The molecule has 0 aliphatic carbocycles. The predicted octanol–water partition coefficient (Wildman–Crippen LogP) is 1.90. The minimum Gasteiger partial charge on any atom is -0.374 e. The van der Waals surface area contributed by atoms with Crippen LogP contribution in [0.4, 0.5) is 5.69 Å². The number of thiocarbonyl (C=S) groups is 1. The third-order valence-electron chi connectivity index (χ3n) is 2.19. The van der Waals surface area contributed by atoms with Gasteiger partial charge in [0.25, 0.3) is 0 Å². The molecule has 2 aromatic rings. The summed E-state index contributed by atoms with van der Waals surface area (Å²) in [5.74, 6) is 0. The molecule has 0 aliphatic rings. The molecule has 0 spiro atoms. The summed E-state index contributed by atoms with van der Waals surface area (Å²) in [7, 11) is 0. The van der Waals surface area contributed by atoms with Gasteiger partial charge in [-0.05, 0) is 24.4 Å². The van der Waals surface area contributed by atoms with Crippen LogP contribution >= 0.6 is 12.2 Å². The van der Waals surface area contributed by atoms with Crippen molar-refractivity contribution in [2.24, 2.45) is 10.8 Å². The van der Waals surface area contributed by atoms with Crippen molar-refractivity contribution in [1.29, 1.82) is 0 Å². The molecule has 4 nitrogen and oxygen atoms in total. The van der Waals surface area contributed by atoms with Crippen LogP contribution in [0.25, 0.3) is 10.9 Å². The van der Waals surface area contributed by atoms with Crippen LogP contribution in [0.15, 0.2) is 41.6 Å². The SMILES string of the molecule is C=NN(C(N)=S)c1cccc2cccnc12. The lowest BCUT2D eigenvalue weighted by molar-refractivity contribution is 1.15. The molecule has 5 heteroatoms. The molecule has 0 saturated carbocycles. The van der Waals surface area contributed by atoms with E-state index < -0.39 is 0 Å². The van der Waals surface area contributed by atoms with Crippen molar-refractivity contribution in [2.75, 3.05) is 5.01 Å². The van der Waals surface area contributed by atoms with Gasteiger partial charge < -0.3 is 5.73 Å². The number of hydrogen-bond donors (Lipinski definition) is 1. The maximum Gasteiger partial charge on any atom is 0.191 e. The van der Waals surface area contributed by atoms with Crippen LogP contribution in [0.2, 0.25) is 0 Å². The van der Waals surface area contributed by atoms with E-state index in [4.69, 9.17) is 18.0 Å². The molecule has 80 valence electrons. The van der Waals surface area contributed by atoms with Crippen LogP contribution in [0.5, 0.6) is 0 Å². The third-order valence-corrected chi connectivity index (χ3v) is 2.36. The molecule has 2 N–H and O–H groups in total. The summed E-state index contributed by atoms with van der Waals surface area (Å²) in [6, 6.07) is 9.55. The number of anilines is 1. The maximum atomic E-state index is 5.57. The number of fused-ring (bicyclic) bond motifs is 1. The van der Waals surface area contributed by atoms with Gasteiger partial charge in [-0.2, -0.15) is 5.10 Å². The largest absolute Gasteiger partial charge is 0.374 e. The second-order valence-corrected chi connectivity index (χ2v) is 3.56. The Balaban J connectivity index is 2.68. The summed E-state index contributed by atoms with van der Waals surface area (Å²) in [5.41, 5.74) is 7.10. The second kappa shape index (κ2) is 4.24. The highest BCUT2D eigenvalue weighted by Gasteiger charge is 2.11. The first-order chi connectivity index (χ1) is 7.74. The van der Waals surface area contributed by atoms with Gasteiger partial charge >= 0.3 is 0 Å². The van der Waals surface area contributed by atoms with Crippen molar-refractivity contribution in [3.8, 4) is 0 Å². The quantitative estimate of drug-likeness (QED) is 0.486. The molecule has 2 rings (SSSR count). The number of pyridine rings is 1. The lowest BCUT2D eigenvalue weighted by Gasteiger charge is -2.17. The summed E-state index contributed by atoms with van der Waals surface area (Å²) in [4.78, 5) is 4.29. The summed E-state index contributed by atoms with van der Waals surface area (Å²) < 4.78 is 0. The van der Waals surface area contributed by atoms with Crippen molar-refractivity contribution >= 4 is 40.6 Å². The van der Waals surface area contributed by atoms with E-state index in [1.54, 1.807) is 6.20 Å². The lowest BCUT2D eigenvalue weighted by Crippen LogP contribution is -2.30. The topological polar surface area (TPSA) is 54.5 Å². The average molecular weight is 230 g/mol.